The minimum absolute atomic E-state index is 0.0585. The number of nitrogens with two attached hydrogens (primary N) is 1. The van der Waals surface area contributed by atoms with E-state index in [1.165, 1.54) is 0 Å². The van der Waals surface area contributed by atoms with Crippen LogP contribution in [0.4, 0.5) is 5.69 Å². The molecule has 0 saturated heterocycles. The van der Waals surface area contributed by atoms with Gasteiger partial charge in [0.25, 0.3) is 0 Å². The van der Waals surface area contributed by atoms with Crippen molar-refractivity contribution in [2.75, 3.05) is 12.3 Å². The van der Waals surface area contributed by atoms with Crippen LogP contribution in [0.2, 0.25) is 0 Å². The van der Waals surface area contributed by atoms with Gasteiger partial charge in [-0.1, -0.05) is 11.8 Å². The number of aliphatic hydroxyl groups excluding tert-OH is 1. The summed E-state index contributed by atoms with van der Waals surface area (Å²) < 4.78 is 1.83. The number of hydrogen-bond donors (Lipinski definition) is 2. The van der Waals surface area contributed by atoms with Gasteiger partial charge in [-0.3, -0.25) is 4.68 Å². The number of aromatic nitrogens is 3. The lowest BCUT2D eigenvalue weighted by molar-refractivity contribution is 0.272. The molecule has 0 spiro atoms. The molecule has 0 saturated carbocycles. The van der Waals surface area contributed by atoms with Crippen LogP contribution in [0.15, 0.2) is 40.4 Å². The van der Waals surface area contributed by atoms with E-state index < -0.39 is 0 Å². The predicted octanol–water partition coefficient (Wildman–Crippen LogP) is 2.14. The summed E-state index contributed by atoms with van der Waals surface area (Å²) in [6.07, 6.45) is 1.78. The van der Waals surface area contributed by atoms with Crippen molar-refractivity contribution in [1.29, 1.82) is 0 Å². The van der Waals surface area contributed by atoms with E-state index in [0.717, 1.165) is 37.8 Å². The molecule has 0 bridgehead atoms. The molecule has 3 N–H and O–H groups in total. The molecular weight excluding hydrogens is 272 g/mol. The smallest absolute Gasteiger partial charge is 0.110 e. The lowest BCUT2D eigenvalue weighted by atomic mass is 10.1. The number of nitrogen functional groups attached to an aromatic ring is 1. The summed E-state index contributed by atoms with van der Waals surface area (Å²) >= 11 is 1.58. The van der Waals surface area contributed by atoms with E-state index in [-0.39, 0.29) is 6.61 Å². The third kappa shape index (κ3) is 1.49. The second kappa shape index (κ2) is 4.22. The molecule has 0 unspecified atom stereocenters. The summed E-state index contributed by atoms with van der Waals surface area (Å²) in [6, 6.07) is 7.78. The number of nitrogens with zero attached hydrogens (tertiary/aromatic N) is 3. The van der Waals surface area contributed by atoms with Gasteiger partial charge in [0.1, 0.15) is 10.7 Å². The number of aliphatic hydroxyl groups is 1. The maximum absolute atomic E-state index is 9.19. The molecule has 1 aliphatic rings. The van der Waals surface area contributed by atoms with Gasteiger partial charge in [0, 0.05) is 27.7 Å². The quantitative estimate of drug-likeness (QED) is 0.551. The normalized spacial score (nSPS) is 12.7. The molecular formula is C14H12N4OS. The van der Waals surface area contributed by atoms with Crippen molar-refractivity contribution < 1.29 is 5.11 Å². The Balaban J connectivity index is 2.12. The molecule has 100 valence electrons. The third-order valence-electron chi connectivity index (χ3n) is 3.44. The monoisotopic (exact) mass is 284 g/mol. The molecule has 5 nitrogen and oxygen atoms in total. The van der Waals surface area contributed by atoms with E-state index in [1.807, 2.05) is 28.9 Å². The van der Waals surface area contributed by atoms with E-state index in [0.29, 0.717) is 6.54 Å². The maximum Gasteiger partial charge on any atom is 0.110 e. The minimum atomic E-state index is 0.0585. The van der Waals surface area contributed by atoms with E-state index in [1.54, 1.807) is 18.0 Å². The molecule has 0 amide bonds. The first kappa shape index (κ1) is 11.7. The van der Waals surface area contributed by atoms with Gasteiger partial charge in [-0.05, 0) is 24.3 Å². The van der Waals surface area contributed by atoms with E-state index in [2.05, 4.69) is 10.1 Å². The van der Waals surface area contributed by atoms with Gasteiger partial charge in [0.15, 0.2) is 0 Å². The Bertz CT molecular complexity index is 827. The van der Waals surface area contributed by atoms with Crippen molar-refractivity contribution in [1.82, 2.24) is 14.8 Å². The Morgan fingerprint density at radius 2 is 2.20 bits per heavy atom. The average Bonchev–Trinajstić information content (AvgIpc) is 2.83. The summed E-state index contributed by atoms with van der Waals surface area (Å²) in [5.41, 5.74) is 9.77. The van der Waals surface area contributed by atoms with Crippen LogP contribution in [0.3, 0.4) is 0 Å². The van der Waals surface area contributed by atoms with Crippen LogP contribution in [-0.2, 0) is 6.54 Å². The van der Waals surface area contributed by atoms with Crippen LogP contribution in [0, 0.1) is 0 Å². The molecule has 4 rings (SSSR count). The van der Waals surface area contributed by atoms with E-state index in [9.17, 15) is 5.11 Å². The van der Waals surface area contributed by atoms with Crippen molar-refractivity contribution in [3.05, 3.63) is 30.5 Å². The van der Waals surface area contributed by atoms with Gasteiger partial charge in [-0.2, -0.15) is 5.10 Å². The Kier molecular flexibility index (Phi) is 2.48. The van der Waals surface area contributed by atoms with Gasteiger partial charge in [-0.25, -0.2) is 4.98 Å². The Labute approximate surface area is 119 Å². The van der Waals surface area contributed by atoms with Gasteiger partial charge in [0.05, 0.1) is 18.7 Å². The van der Waals surface area contributed by atoms with Crippen LogP contribution >= 0.6 is 11.8 Å². The molecule has 3 aromatic rings. The summed E-state index contributed by atoms with van der Waals surface area (Å²) in [7, 11) is 0. The highest BCUT2D eigenvalue weighted by Gasteiger charge is 2.25. The Hall–Kier alpha value is -2.05. The van der Waals surface area contributed by atoms with Crippen molar-refractivity contribution in [2.24, 2.45) is 0 Å². The fraction of sp³-hybridized carbons (Fsp3) is 0.143. The average molecular weight is 284 g/mol. The van der Waals surface area contributed by atoms with Crippen LogP contribution in [-0.4, -0.2) is 26.5 Å². The first-order chi connectivity index (χ1) is 9.79. The minimum Gasteiger partial charge on any atom is -0.398 e. The summed E-state index contributed by atoms with van der Waals surface area (Å²) in [4.78, 5) is 5.42. The maximum atomic E-state index is 9.19. The van der Waals surface area contributed by atoms with Crippen LogP contribution in [0.1, 0.15) is 0 Å². The molecule has 0 aliphatic carbocycles. The summed E-state index contributed by atoms with van der Waals surface area (Å²) in [5, 5.41) is 15.8. The molecule has 20 heavy (non-hydrogen) atoms. The number of anilines is 1. The second-order valence-corrected chi connectivity index (χ2v) is 5.63. The van der Waals surface area contributed by atoms with Gasteiger partial charge in [0.2, 0.25) is 0 Å². The highest BCUT2D eigenvalue weighted by atomic mass is 32.2. The summed E-state index contributed by atoms with van der Waals surface area (Å²) in [6.45, 7) is 0.531. The molecule has 1 aliphatic heterocycles. The molecule has 0 atom stereocenters. The standard InChI is InChI=1S/C14H12N4OS/c15-9-3-4-10-11-12(17-18(10)6-7-19)8-2-1-5-16-14(8)20-13(9)11/h1-5,19H,6-7,15H2. The van der Waals surface area contributed by atoms with Gasteiger partial charge >= 0.3 is 0 Å². The molecule has 2 aromatic heterocycles. The first-order valence-corrected chi connectivity index (χ1v) is 7.14. The van der Waals surface area contributed by atoms with E-state index >= 15 is 0 Å². The fourth-order valence-electron chi connectivity index (χ4n) is 2.57. The van der Waals surface area contributed by atoms with Crippen molar-refractivity contribution in [3.63, 3.8) is 0 Å². The number of benzene rings is 1. The van der Waals surface area contributed by atoms with Crippen molar-refractivity contribution in [3.8, 4) is 11.3 Å². The molecule has 6 heteroatoms. The van der Waals surface area contributed by atoms with Crippen molar-refractivity contribution >= 4 is 28.4 Å². The zero-order valence-corrected chi connectivity index (χ0v) is 11.4. The predicted molar refractivity (Wildman–Crippen MR) is 78.6 cm³/mol. The topological polar surface area (TPSA) is 77.0 Å². The fourth-order valence-corrected chi connectivity index (χ4v) is 3.64. The molecule has 3 heterocycles. The highest BCUT2D eigenvalue weighted by Crippen LogP contribution is 2.48. The first-order valence-electron chi connectivity index (χ1n) is 6.32. The van der Waals surface area contributed by atoms with Crippen molar-refractivity contribution in [2.45, 2.75) is 16.5 Å². The Morgan fingerprint density at radius 3 is 3.05 bits per heavy atom. The van der Waals surface area contributed by atoms with Crippen LogP contribution < -0.4 is 5.73 Å². The number of hydrogen-bond acceptors (Lipinski definition) is 5. The largest absolute Gasteiger partial charge is 0.398 e. The SMILES string of the molecule is Nc1ccc2c3c(nn2CCO)-c2cccnc2Sc13. The Morgan fingerprint density at radius 1 is 1.30 bits per heavy atom. The number of pyridine rings is 1. The highest BCUT2D eigenvalue weighted by molar-refractivity contribution is 7.99. The number of rotatable bonds is 2. The van der Waals surface area contributed by atoms with Crippen LogP contribution in [0.5, 0.6) is 0 Å². The molecule has 0 fully saturated rings. The lowest BCUT2D eigenvalue weighted by Gasteiger charge is -2.15. The van der Waals surface area contributed by atoms with Gasteiger partial charge in [-0.15, -0.1) is 0 Å². The zero-order valence-electron chi connectivity index (χ0n) is 10.6. The summed E-state index contributed by atoms with van der Waals surface area (Å²) in [5.74, 6) is 0. The number of fused-ring (bicyclic) bond motifs is 2. The third-order valence-corrected chi connectivity index (χ3v) is 4.60. The second-order valence-electron chi connectivity index (χ2n) is 4.63. The van der Waals surface area contributed by atoms with Gasteiger partial charge < -0.3 is 10.8 Å². The van der Waals surface area contributed by atoms with Crippen LogP contribution in [0.25, 0.3) is 22.2 Å². The molecule has 1 aromatic carbocycles. The zero-order chi connectivity index (χ0) is 13.7. The van der Waals surface area contributed by atoms with E-state index in [4.69, 9.17) is 5.73 Å². The molecule has 0 radical (unpaired) electrons. The lowest BCUT2D eigenvalue weighted by Crippen LogP contribution is -2.03.